The Balaban J connectivity index is 1.50. The molecule has 0 bridgehead atoms. The van der Waals surface area contributed by atoms with Gasteiger partial charge in [-0.1, -0.05) is 24.3 Å². The molecule has 1 saturated heterocycles. The van der Waals surface area contributed by atoms with Crippen molar-refractivity contribution in [1.82, 2.24) is 10.2 Å². The zero-order valence-electron chi connectivity index (χ0n) is 15.0. The fraction of sp³-hybridized carbons (Fsp3) is 0.632. The number of hydrogen-bond acceptors (Lipinski definition) is 3. The van der Waals surface area contributed by atoms with Gasteiger partial charge in [-0.05, 0) is 38.3 Å². The van der Waals surface area contributed by atoms with Crippen LogP contribution in [-0.2, 0) is 22.6 Å². The second-order valence-corrected chi connectivity index (χ2v) is 9.15. The molecule has 6 heteroatoms. The smallest absolute Gasteiger partial charge is 0.229 e. The summed E-state index contributed by atoms with van der Waals surface area (Å²) in [7, 11) is 0. The molecule has 0 aromatic heterocycles. The lowest BCUT2D eigenvalue weighted by atomic mass is 10.1. The number of carbonyl (C=O) groups is 1. The van der Waals surface area contributed by atoms with E-state index in [0.717, 1.165) is 25.2 Å². The Kier molecular flexibility index (Phi) is 5.36. The molecule has 1 heterocycles. The van der Waals surface area contributed by atoms with Gasteiger partial charge in [0.15, 0.2) is 0 Å². The minimum atomic E-state index is -0.923. The lowest BCUT2D eigenvalue weighted by Crippen LogP contribution is -2.44. The SMILES string of the molecule is C[C@@H]1CN(Cc2ccc(CNC(=O)[C@@]3(C)CC3(Cl)Cl)cc2)C[C@H](C)O1. The summed E-state index contributed by atoms with van der Waals surface area (Å²) in [6.07, 6.45) is 1.06. The predicted octanol–water partition coefficient (Wildman–Crippen LogP) is 3.50. The molecule has 0 unspecified atom stereocenters. The molecule has 1 aliphatic heterocycles. The summed E-state index contributed by atoms with van der Waals surface area (Å²) in [5.74, 6) is -0.0853. The number of nitrogens with zero attached hydrogens (tertiary/aromatic N) is 1. The van der Waals surface area contributed by atoms with Gasteiger partial charge < -0.3 is 10.1 Å². The van der Waals surface area contributed by atoms with Gasteiger partial charge in [0, 0.05) is 26.2 Å². The van der Waals surface area contributed by atoms with Gasteiger partial charge in [-0.25, -0.2) is 0 Å². The minimum Gasteiger partial charge on any atom is -0.373 e. The van der Waals surface area contributed by atoms with Gasteiger partial charge in [0.1, 0.15) is 4.33 Å². The number of halogens is 2. The number of hydrogen-bond donors (Lipinski definition) is 1. The third-order valence-corrected chi connectivity index (χ3v) is 6.24. The second kappa shape index (κ2) is 7.07. The summed E-state index contributed by atoms with van der Waals surface area (Å²) in [5.41, 5.74) is 1.67. The van der Waals surface area contributed by atoms with Gasteiger partial charge in [-0.2, -0.15) is 0 Å². The topological polar surface area (TPSA) is 41.6 Å². The summed E-state index contributed by atoms with van der Waals surface area (Å²) in [6.45, 7) is 9.36. The maximum absolute atomic E-state index is 12.2. The van der Waals surface area contributed by atoms with Gasteiger partial charge in [0.2, 0.25) is 5.91 Å². The largest absolute Gasteiger partial charge is 0.373 e. The molecule has 138 valence electrons. The van der Waals surface area contributed by atoms with Crippen LogP contribution in [0.5, 0.6) is 0 Å². The zero-order valence-corrected chi connectivity index (χ0v) is 16.5. The Bertz CT molecular complexity index is 625. The highest BCUT2D eigenvalue weighted by molar-refractivity contribution is 6.53. The maximum Gasteiger partial charge on any atom is 0.229 e. The third kappa shape index (κ3) is 4.30. The number of benzene rings is 1. The second-order valence-electron chi connectivity index (χ2n) is 7.66. The first kappa shape index (κ1) is 19.0. The highest BCUT2D eigenvalue weighted by atomic mass is 35.5. The summed E-state index contributed by atoms with van der Waals surface area (Å²) >= 11 is 12.1. The standard InChI is InChI=1S/C19H26Cl2N2O2/c1-13-9-23(10-14(2)25-13)11-16-6-4-15(5-7-16)8-22-17(24)18(3)12-19(18,20)21/h4-7,13-14H,8-12H2,1-3H3,(H,22,24)/t13-,14+,18-/m1/s1. The number of alkyl halides is 2. The third-order valence-electron chi connectivity index (χ3n) is 5.14. The molecular formula is C19H26Cl2N2O2. The van der Waals surface area contributed by atoms with E-state index in [4.69, 9.17) is 27.9 Å². The number of amides is 1. The van der Waals surface area contributed by atoms with E-state index in [1.165, 1.54) is 5.56 Å². The van der Waals surface area contributed by atoms with Crippen LogP contribution in [0.3, 0.4) is 0 Å². The lowest BCUT2D eigenvalue weighted by molar-refractivity contribution is -0.125. The van der Waals surface area contributed by atoms with E-state index >= 15 is 0 Å². The van der Waals surface area contributed by atoms with Gasteiger partial charge in [-0.3, -0.25) is 9.69 Å². The lowest BCUT2D eigenvalue weighted by Gasteiger charge is -2.35. The Hall–Kier alpha value is -0.810. The van der Waals surface area contributed by atoms with Gasteiger partial charge in [0.05, 0.1) is 17.6 Å². The molecular weight excluding hydrogens is 359 g/mol. The molecule has 4 nitrogen and oxygen atoms in total. The Morgan fingerprint density at radius 2 is 1.72 bits per heavy atom. The normalized spacial score (nSPS) is 31.6. The van der Waals surface area contributed by atoms with Gasteiger partial charge in [0.25, 0.3) is 0 Å². The van der Waals surface area contributed by atoms with Crippen molar-refractivity contribution in [2.45, 2.75) is 56.8 Å². The molecule has 1 N–H and O–H groups in total. The van der Waals surface area contributed by atoms with E-state index < -0.39 is 9.75 Å². The number of ether oxygens (including phenoxy) is 1. The van der Waals surface area contributed by atoms with E-state index in [2.05, 4.69) is 48.3 Å². The van der Waals surface area contributed by atoms with Crippen molar-refractivity contribution in [2.75, 3.05) is 13.1 Å². The Morgan fingerprint density at radius 3 is 2.24 bits per heavy atom. The summed E-state index contributed by atoms with van der Waals surface area (Å²) in [6, 6.07) is 8.37. The van der Waals surface area contributed by atoms with Crippen molar-refractivity contribution in [3.8, 4) is 0 Å². The highest BCUT2D eigenvalue weighted by Gasteiger charge is 2.67. The van der Waals surface area contributed by atoms with Crippen LogP contribution in [0.4, 0.5) is 0 Å². The fourth-order valence-electron chi connectivity index (χ4n) is 3.46. The molecule has 0 radical (unpaired) electrons. The summed E-state index contributed by atoms with van der Waals surface area (Å²) in [4.78, 5) is 14.6. The first-order valence-electron chi connectivity index (χ1n) is 8.81. The van der Waals surface area contributed by atoms with Crippen LogP contribution < -0.4 is 5.32 Å². The predicted molar refractivity (Wildman–Crippen MR) is 101 cm³/mol. The monoisotopic (exact) mass is 384 g/mol. The van der Waals surface area contributed by atoms with Crippen molar-refractivity contribution >= 4 is 29.1 Å². The van der Waals surface area contributed by atoms with Crippen LogP contribution in [0, 0.1) is 5.41 Å². The molecule has 0 spiro atoms. The number of nitrogens with one attached hydrogen (secondary N) is 1. The first-order valence-corrected chi connectivity index (χ1v) is 9.57. The molecule has 2 fully saturated rings. The number of carbonyl (C=O) groups excluding carboxylic acids is 1. The molecule has 2 aliphatic rings. The van der Waals surface area contributed by atoms with Crippen molar-refractivity contribution < 1.29 is 9.53 Å². The molecule has 3 atom stereocenters. The molecule has 3 rings (SSSR count). The van der Waals surface area contributed by atoms with Crippen LogP contribution in [0.25, 0.3) is 0 Å². The van der Waals surface area contributed by atoms with E-state index in [0.29, 0.717) is 13.0 Å². The van der Waals surface area contributed by atoms with E-state index in [1.807, 2.05) is 0 Å². The number of rotatable bonds is 5. The Morgan fingerprint density at radius 1 is 1.20 bits per heavy atom. The highest BCUT2D eigenvalue weighted by Crippen LogP contribution is 2.63. The van der Waals surface area contributed by atoms with E-state index in [9.17, 15) is 4.79 Å². The average Bonchev–Trinajstić information content (AvgIpc) is 3.05. The molecule has 1 aliphatic carbocycles. The maximum atomic E-state index is 12.2. The quantitative estimate of drug-likeness (QED) is 0.789. The van der Waals surface area contributed by atoms with Crippen molar-refractivity contribution in [1.29, 1.82) is 0 Å². The van der Waals surface area contributed by atoms with Crippen LogP contribution in [0.15, 0.2) is 24.3 Å². The number of morpholine rings is 1. The van der Waals surface area contributed by atoms with Crippen molar-refractivity contribution in [3.05, 3.63) is 35.4 Å². The average molecular weight is 385 g/mol. The Labute approximate surface area is 159 Å². The molecule has 1 aromatic carbocycles. The van der Waals surface area contributed by atoms with E-state index in [1.54, 1.807) is 6.92 Å². The van der Waals surface area contributed by atoms with Crippen molar-refractivity contribution in [2.24, 2.45) is 5.41 Å². The van der Waals surface area contributed by atoms with Crippen LogP contribution in [0.2, 0.25) is 0 Å². The minimum absolute atomic E-state index is 0.0853. The van der Waals surface area contributed by atoms with Gasteiger partial charge >= 0.3 is 0 Å². The van der Waals surface area contributed by atoms with E-state index in [-0.39, 0.29) is 18.1 Å². The van der Waals surface area contributed by atoms with Crippen molar-refractivity contribution in [3.63, 3.8) is 0 Å². The van der Waals surface area contributed by atoms with Crippen LogP contribution >= 0.6 is 23.2 Å². The zero-order chi connectivity index (χ0) is 18.2. The first-order chi connectivity index (χ1) is 11.7. The van der Waals surface area contributed by atoms with Crippen LogP contribution in [-0.4, -0.2) is 40.4 Å². The molecule has 25 heavy (non-hydrogen) atoms. The molecule has 1 aromatic rings. The summed E-state index contributed by atoms with van der Waals surface area (Å²) < 4.78 is 4.85. The van der Waals surface area contributed by atoms with Crippen LogP contribution in [0.1, 0.15) is 38.3 Å². The molecule has 1 amide bonds. The summed E-state index contributed by atoms with van der Waals surface area (Å²) in [5, 5.41) is 2.93. The fourth-order valence-corrected chi connectivity index (χ4v) is 4.16. The van der Waals surface area contributed by atoms with Gasteiger partial charge in [-0.15, -0.1) is 23.2 Å². The molecule has 1 saturated carbocycles.